The minimum absolute atomic E-state index is 0.154. The standard InChI is InChI=1S/C23H23N3O4/c1-3-11-30-17-10-9-15(12-18(17)29-2)16-13-19(27)24-22-20(16)23(28)26-21(25-22)14-7-5-4-6-8-14/h4-10,12,16H,3,11,13H2,1-2H3,(H2,24,25,26,27,28)/t16-/m1/s1. The topological polar surface area (TPSA) is 93.3 Å². The number of fused-ring (bicyclic) bond motifs is 1. The Morgan fingerprint density at radius 2 is 1.90 bits per heavy atom. The second-order valence-corrected chi connectivity index (χ2v) is 7.11. The zero-order chi connectivity index (χ0) is 21.1. The minimum Gasteiger partial charge on any atom is -0.493 e. The van der Waals surface area contributed by atoms with Gasteiger partial charge >= 0.3 is 0 Å². The molecule has 2 N–H and O–H groups in total. The van der Waals surface area contributed by atoms with Crippen LogP contribution in [-0.2, 0) is 4.79 Å². The highest BCUT2D eigenvalue weighted by Gasteiger charge is 2.31. The van der Waals surface area contributed by atoms with Crippen LogP contribution in [0, 0.1) is 0 Å². The van der Waals surface area contributed by atoms with Crippen molar-refractivity contribution in [2.75, 3.05) is 19.0 Å². The van der Waals surface area contributed by atoms with Crippen LogP contribution in [0.4, 0.5) is 5.82 Å². The van der Waals surface area contributed by atoms with E-state index in [1.165, 1.54) is 0 Å². The highest BCUT2D eigenvalue weighted by atomic mass is 16.5. The van der Waals surface area contributed by atoms with Gasteiger partial charge in [-0.1, -0.05) is 43.3 Å². The molecule has 30 heavy (non-hydrogen) atoms. The Bertz CT molecular complexity index is 1130. The van der Waals surface area contributed by atoms with Gasteiger partial charge in [-0.25, -0.2) is 4.98 Å². The summed E-state index contributed by atoms with van der Waals surface area (Å²) in [5.74, 6) is 1.30. The van der Waals surface area contributed by atoms with Gasteiger partial charge in [0.15, 0.2) is 11.5 Å². The molecule has 0 fully saturated rings. The first-order chi connectivity index (χ1) is 14.6. The Kier molecular flexibility index (Phi) is 5.52. The van der Waals surface area contributed by atoms with E-state index in [0.717, 1.165) is 17.5 Å². The van der Waals surface area contributed by atoms with Gasteiger partial charge in [0.25, 0.3) is 5.56 Å². The molecule has 0 saturated carbocycles. The minimum atomic E-state index is -0.427. The molecule has 7 heteroatoms. The number of carbonyl (C=O) groups excluding carboxylic acids is 1. The number of hydrogen-bond donors (Lipinski definition) is 2. The van der Waals surface area contributed by atoms with E-state index in [4.69, 9.17) is 9.47 Å². The van der Waals surface area contributed by atoms with Gasteiger partial charge in [-0.2, -0.15) is 0 Å². The molecule has 1 amide bonds. The molecule has 4 rings (SSSR count). The van der Waals surface area contributed by atoms with Crippen LogP contribution in [-0.4, -0.2) is 29.6 Å². The number of rotatable bonds is 6. The van der Waals surface area contributed by atoms with Crippen molar-refractivity contribution < 1.29 is 14.3 Å². The number of hydrogen-bond acceptors (Lipinski definition) is 5. The number of nitrogens with zero attached hydrogens (tertiary/aromatic N) is 1. The number of ether oxygens (including phenoxy) is 2. The first kappa shape index (κ1) is 19.7. The van der Waals surface area contributed by atoms with E-state index in [1.54, 1.807) is 7.11 Å². The van der Waals surface area contributed by atoms with E-state index < -0.39 is 5.92 Å². The third-order valence-corrected chi connectivity index (χ3v) is 5.05. The van der Waals surface area contributed by atoms with Gasteiger partial charge in [-0.3, -0.25) is 9.59 Å². The largest absolute Gasteiger partial charge is 0.493 e. The van der Waals surface area contributed by atoms with Crippen LogP contribution < -0.4 is 20.3 Å². The van der Waals surface area contributed by atoms with Crippen molar-refractivity contribution in [3.05, 3.63) is 70.0 Å². The zero-order valence-electron chi connectivity index (χ0n) is 16.9. The van der Waals surface area contributed by atoms with E-state index >= 15 is 0 Å². The summed E-state index contributed by atoms with van der Waals surface area (Å²) >= 11 is 0. The number of benzene rings is 2. The Balaban J connectivity index is 1.77. The van der Waals surface area contributed by atoms with Crippen LogP contribution >= 0.6 is 0 Å². The van der Waals surface area contributed by atoms with Crippen LogP contribution in [0.15, 0.2) is 53.3 Å². The summed E-state index contributed by atoms with van der Waals surface area (Å²) in [4.78, 5) is 32.8. The van der Waals surface area contributed by atoms with Crippen LogP contribution in [0.5, 0.6) is 11.5 Å². The lowest BCUT2D eigenvalue weighted by Gasteiger charge is -2.25. The Labute approximate surface area is 174 Å². The Hall–Kier alpha value is -3.61. The van der Waals surface area contributed by atoms with Crippen molar-refractivity contribution >= 4 is 11.7 Å². The van der Waals surface area contributed by atoms with Crippen molar-refractivity contribution in [3.8, 4) is 22.9 Å². The molecule has 0 saturated heterocycles. The molecule has 1 aliphatic rings. The molecule has 2 aromatic carbocycles. The second-order valence-electron chi connectivity index (χ2n) is 7.11. The molecule has 0 bridgehead atoms. The quantitative estimate of drug-likeness (QED) is 0.652. The maximum absolute atomic E-state index is 13.0. The molecule has 1 atom stereocenters. The van der Waals surface area contributed by atoms with Gasteiger partial charge in [-0.05, 0) is 24.1 Å². The number of aromatic amines is 1. The summed E-state index contributed by atoms with van der Waals surface area (Å²) in [5.41, 5.74) is 1.74. The van der Waals surface area contributed by atoms with Gasteiger partial charge in [-0.15, -0.1) is 0 Å². The summed E-state index contributed by atoms with van der Waals surface area (Å²) in [6, 6.07) is 14.8. The normalized spacial score (nSPS) is 15.3. The fourth-order valence-corrected chi connectivity index (χ4v) is 3.62. The monoisotopic (exact) mass is 405 g/mol. The molecule has 1 aromatic heterocycles. The zero-order valence-corrected chi connectivity index (χ0v) is 16.9. The Morgan fingerprint density at radius 1 is 1.10 bits per heavy atom. The van der Waals surface area contributed by atoms with E-state index in [0.29, 0.717) is 35.3 Å². The lowest BCUT2D eigenvalue weighted by Crippen LogP contribution is -2.31. The predicted molar refractivity (Wildman–Crippen MR) is 114 cm³/mol. The maximum Gasteiger partial charge on any atom is 0.257 e. The summed E-state index contributed by atoms with van der Waals surface area (Å²) in [6.45, 7) is 2.61. The average molecular weight is 405 g/mol. The SMILES string of the molecule is CCCOc1ccc([C@H]2CC(=O)Nc3nc(-c4ccccc4)[nH]c(=O)c32)cc1OC. The number of amides is 1. The molecule has 154 valence electrons. The first-order valence-electron chi connectivity index (χ1n) is 9.91. The van der Waals surface area contributed by atoms with Crippen LogP contribution in [0.2, 0.25) is 0 Å². The van der Waals surface area contributed by atoms with Crippen LogP contribution in [0.3, 0.4) is 0 Å². The molecular weight excluding hydrogens is 382 g/mol. The summed E-state index contributed by atoms with van der Waals surface area (Å²) in [7, 11) is 1.57. The number of nitrogens with one attached hydrogen (secondary N) is 2. The number of methoxy groups -OCH3 is 1. The number of anilines is 1. The van der Waals surface area contributed by atoms with Crippen molar-refractivity contribution in [2.24, 2.45) is 0 Å². The predicted octanol–water partition coefficient (Wildman–Crippen LogP) is 3.71. The summed E-state index contributed by atoms with van der Waals surface area (Å²) in [6.07, 6.45) is 1.03. The molecule has 0 aliphatic carbocycles. The molecule has 2 heterocycles. The molecular formula is C23H23N3O4. The fraction of sp³-hybridized carbons (Fsp3) is 0.261. The van der Waals surface area contributed by atoms with Gasteiger partial charge < -0.3 is 19.8 Å². The third-order valence-electron chi connectivity index (χ3n) is 5.05. The van der Waals surface area contributed by atoms with Gasteiger partial charge in [0.1, 0.15) is 11.6 Å². The molecule has 0 unspecified atom stereocenters. The van der Waals surface area contributed by atoms with Crippen LogP contribution in [0.1, 0.15) is 36.8 Å². The average Bonchev–Trinajstić information content (AvgIpc) is 2.77. The molecule has 0 radical (unpaired) electrons. The van der Waals surface area contributed by atoms with Crippen molar-refractivity contribution in [1.82, 2.24) is 9.97 Å². The number of aromatic nitrogens is 2. The van der Waals surface area contributed by atoms with E-state index in [1.807, 2.05) is 55.5 Å². The number of carbonyl (C=O) groups is 1. The molecule has 3 aromatic rings. The highest BCUT2D eigenvalue weighted by molar-refractivity contribution is 5.94. The van der Waals surface area contributed by atoms with Crippen molar-refractivity contribution in [2.45, 2.75) is 25.7 Å². The first-order valence-corrected chi connectivity index (χ1v) is 9.91. The van der Waals surface area contributed by atoms with Crippen molar-refractivity contribution in [3.63, 3.8) is 0 Å². The van der Waals surface area contributed by atoms with Crippen LogP contribution in [0.25, 0.3) is 11.4 Å². The van der Waals surface area contributed by atoms with Gasteiger partial charge in [0.05, 0.1) is 19.3 Å². The lowest BCUT2D eigenvalue weighted by molar-refractivity contribution is -0.116. The fourth-order valence-electron chi connectivity index (χ4n) is 3.62. The summed E-state index contributed by atoms with van der Waals surface area (Å²) < 4.78 is 11.2. The Morgan fingerprint density at radius 3 is 2.63 bits per heavy atom. The van der Waals surface area contributed by atoms with E-state index in [9.17, 15) is 9.59 Å². The third kappa shape index (κ3) is 3.78. The highest BCUT2D eigenvalue weighted by Crippen LogP contribution is 2.38. The molecule has 0 spiro atoms. The van der Waals surface area contributed by atoms with Gasteiger partial charge in [0, 0.05) is 17.9 Å². The smallest absolute Gasteiger partial charge is 0.257 e. The lowest BCUT2D eigenvalue weighted by atomic mass is 9.86. The molecule has 7 nitrogen and oxygen atoms in total. The van der Waals surface area contributed by atoms with Crippen molar-refractivity contribution in [1.29, 1.82) is 0 Å². The van der Waals surface area contributed by atoms with Gasteiger partial charge in [0.2, 0.25) is 5.91 Å². The van der Waals surface area contributed by atoms with E-state index in [2.05, 4.69) is 15.3 Å². The molecule has 1 aliphatic heterocycles. The van der Waals surface area contributed by atoms with E-state index in [-0.39, 0.29) is 17.9 Å². The maximum atomic E-state index is 13.0. The second kappa shape index (κ2) is 8.41. The number of H-pyrrole nitrogens is 1. The summed E-state index contributed by atoms with van der Waals surface area (Å²) in [5, 5.41) is 2.75.